The second-order valence-electron chi connectivity index (χ2n) is 9.18. The zero-order chi connectivity index (χ0) is 26.2. The third kappa shape index (κ3) is 7.97. The van der Waals surface area contributed by atoms with Gasteiger partial charge in [-0.1, -0.05) is 61.3 Å². The molecule has 0 saturated carbocycles. The number of amides is 1. The van der Waals surface area contributed by atoms with Gasteiger partial charge in [-0.15, -0.1) is 0 Å². The first-order valence-electron chi connectivity index (χ1n) is 12.1. The van der Waals surface area contributed by atoms with Gasteiger partial charge in [0.05, 0.1) is 0 Å². The number of nitrogens with one attached hydrogen (secondary N) is 3. The lowest BCUT2D eigenvalue weighted by Crippen LogP contribution is -2.40. The maximum Gasteiger partial charge on any atom is 0.242 e. The Labute approximate surface area is 227 Å². The summed E-state index contributed by atoms with van der Waals surface area (Å²) in [6.07, 6.45) is 4.47. The van der Waals surface area contributed by atoms with Crippen molar-refractivity contribution >= 4 is 40.9 Å². The highest BCUT2D eigenvalue weighted by atomic mass is 35.5. The van der Waals surface area contributed by atoms with Gasteiger partial charge in [0.15, 0.2) is 0 Å². The molecule has 192 valence electrons. The molecule has 3 N–H and O–H groups in total. The molecule has 1 amide bonds. The van der Waals surface area contributed by atoms with Crippen LogP contribution in [0.4, 0.5) is 11.8 Å². The van der Waals surface area contributed by atoms with E-state index in [1.165, 1.54) is 0 Å². The highest BCUT2D eigenvalue weighted by Gasteiger charge is 2.21. The standard InChI is InChI=1S/C28H30Cl2N6O/c1-19(2)14-24(27(37)31-17-20-8-10-22(29)11-9-20)33-25-16-26(36-12-3-4-13-36)35-28(34-25)32-18-21-6-5-7-23(30)15-21/h3-13,15-16,19,24H,14,17-18H2,1-2H3,(H,31,37)(H2,32,33,34,35). The number of hydrogen-bond donors (Lipinski definition) is 3. The summed E-state index contributed by atoms with van der Waals surface area (Å²) in [4.78, 5) is 22.5. The first kappa shape index (κ1) is 26.5. The highest BCUT2D eigenvalue weighted by molar-refractivity contribution is 6.30. The summed E-state index contributed by atoms with van der Waals surface area (Å²) in [5, 5.41) is 11.0. The molecular weight excluding hydrogens is 507 g/mol. The smallest absolute Gasteiger partial charge is 0.242 e. The van der Waals surface area contributed by atoms with Crippen molar-refractivity contribution in [2.24, 2.45) is 5.92 Å². The van der Waals surface area contributed by atoms with Gasteiger partial charge >= 0.3 is 0 Å². The van der Waals surface area contributed by atoms with Gasteiger partial charge in [-0.3, -0.25) is 4.79 Å². The van der Waals surface area contributed by atoms with Crippen LogP contribution in [-0.4, -0.2) is 26.5 Å². The van der Waals surface area contributed by atoms with Gasteiger partial charge in [0.1, 0.15) is 17.7 Å². The predicted molar refractivity (Wildman–Crippen MR) is 150 cm³/mol. The summed E-state index contributed by atoms with van der Waals surface area (Å²) < 4.78 is 1.90. The van der Waals surface area contributed by atoms with E-state index < -0.39 is 6.04 Å². The van der Waals surface area contributed by atoms with E-state index in [9.17, 15) is 4.79 Å². The molecule has 4 aromatic rings. The van der Waals surface area contributed by atoms with Crippen LogP contribution in [0.3, 0.4) is 0 Å². The van der Waals surface area contributed by atoms with E-state index in [1.807, 2.05) is 83.7 Å². The lowest BCUT2D eigenvalue weighted by molar-refractivity contribution is -0.122. The van der Waals surface area contributed by atoms with Gasteiger partial charge in [-0.05, 0) is 59.9 Å². The minimum absolute atomic E-state index is 0.0989. The van der Waals surface area contributed by atoms with Crippen LogP contribution in [0, 0.1) is 5.92 Å². The molecule has 0 fully saturated rings. The summed E-state index contributed by atoms with van der Waals surface area (Å²) in [6, 6.07) is 20.3. The summed E-state index contributed by atoms with van der Waals surface area (Å²) in [5.41, 5.74) is 1.99. The van der Waals surface area contributed by atoms with Gasteiger partial charge in [0.25, 0.3) is 0 Å². The van der Waals surface area contributed by atoms with Crippen LogP contribution in [0.1, 0.15) is 31.4 Å². The van der Waals surface area contributed by atoms with E-state index in [2.05, 4.69) is 39.8 Å². The monoisotopic (exact) mass is 536 g/mol. The SMILES string of the molecule is CC(C)CC(Nc1cc(-n2cccc2)nc(NCc2cccc(Cl)c2)n1)C(=O)NCc1ccc(Cl)cc1. The van der Waals surface area contributed by atoms with Crippen molar-refractivity contribution in [2.75, 3.05) is 10.6 Å². The molecule has 1 unspecified atom stereocenters. The van der Waals surface area contributed by atoms with E-state index in [4.69, 9.17) is 23.2 Å². The molecule has 0 saturated heterocycles. The molecule has 0 spiro atoms. The molecule has 4 rings (SSSR count). The van der Waals surface area contributed by atoms with Crippen molar-refractivity contribution in [3.05, 3.63) is 100 Å². The number of carbonyl (C=O) groups excluding carboxylic acids is 1. The quantitative estimate of drug-likeness (QED) is 0.208. The van der Waals surface area contributed by atoms with Crippen molar-refractivity contribution in [1.82, 2.24) is 19.9 Å². The largest absolute Gasteiger partial charge is 0.358 e. The maximum absolute atomic E-state index is 13.2. The topological polar surface area (TPSA) is 83.9 Å². The Morgan fingerprint density at radius 1 is 0.892 bits per heavy atom. The molecule has 1 atom stereocenters. The van der Waals surface area contributed by atoms with Crippen LogP contribution in [0.2, 0.25) is 10.0 Å². The summed E-state index contributed by atoms with van der Waals surface area (Å²) >= 11 is 12.1. The minimum atomic E-state index is -0.472. The molecule has 0 bridgehead atoms. The van der Waals surface area contributed by atoms with Crippen LogP contribution in [0.15, 0.2) is 79.1 Å². The number of anilines is 2. The average molecular weight is 537 g/mol. The predicted octanol–water partition coefficient (Wildman–Crippen LogP) is 6.33. The van der Waals surface area contributed by atoms with Crippen molar-refractivity contribution in [2.45, 2.75) is 39.4 Å². The molecule has 0 radical (unpaired) electrons. The number of carbonyl (C=O) groups is 1. The Bertz CT molecular complexity index is 1310. The third-order valence-electron chi connectivity index (χ3n) is 5.65. The first-order valence-corrected chi connectivity index (χ1v) is 12.9. The van der Waals surface area contributed by atoms with Gasteiger partial charge in [0, 0.05) is 41.6 Å². The number of aromatic nitrogens is 3. The summed E-state index contributed by atoms with van der Waals surface area (Å²) in [5.74, 6) is 1.88. The molecule has 7 nitrogen and oxygen atoms in total. The van der Waals surface area contributed by atoms with Crippen molar-refractivity contribution < 1.29 is 4.79 Å². The van der Waals surface area contributed by atoms with Gasteiger partial charge < -0.3 is 20.5 Å². The summed E-state index contributed by atoms with van der Waals surface area (Å²) in [6.45, 7) is 5.10. The van der Waals surface area contributed by atoms with E-state index in [0.717, 1.165) is 11.1 Å². The molecule has 0 aliphatic heterocycles. The Morgan fingerprint density at radius 3 is 2.35 bits per heavy atom. The number of rotatable bonds is 11. The van der Waals surface area contributed by atoms with Crippen molar-refractivity contribution in [1.29, 1.82) is 0 Å². The van der Waals surface area contributed by atoms with E-state index >= 15 is 0 Å². The van der Waals surface area contributed by atoms with E-state index in [1.54, 1.807) is 0 Å². The van der Waals surface area contributed by atoms with Gasteiger partial charge in [0.2, 0.25) is 11.9 Å². The molecule has 2 heterocycles. The fourth-order valence-electron chi connectivity index (χ4n) is 3.83. The lowest BCUT2D eigenvalue weighted by Gasteiger charge is -2.21. The molecule has 0 aliphatic carbocycles. The van der Waals surface area contributed by atoms with E-state index in [0.29, 0.717) is 53.1 Å². The Kier molecular flexibility index (Phi) is 9.04. The normalized spacial score (nSPS) is 11.8. The molecular formula is C28H30Cl2N6O. The summed E-state index contributed by atoms with van der Waals surface area (Å²) in [7, 11) is 0. The number of benzene rings is 2. The third-order valence-corrected chi connectivity index (χ3v) is 6.13. The van der Waals surface area contributed by atoms with Crippen LogP contribution in [0.25, 0.3) is 5.82 Å². The van der Waals surface area contributed by atoms with Crippen LogP contribution >= 0.6 is 23.2 Å². The molecule has 0 aliphatic rings. The number of nitrogens with zero attached hydrogens (tertiary/aromatic N) is 3. The van der Waals surface area contributed by atoms with Crippen molar-refractivity contribution in [3.8, 4) is 5.82 Å². The zero-order valence-corrected chi connectivity index (χ0v) is 22.3. The maximum atomic E-state index is 13.2. The Hall–Kier alpha value is -3.55. The van der Waals surface area contributed by atoms with Gasteiger partial charge in [-0.25, -0.2) is 0 Å². The first-order chi connectivity index (χ1) is 17.9. The second-order valence-corrected chi connectivity index (χ2v) is 10.1. The Morgan fingerprint density at radius 2 is 1.65 bits per heavy atom. The molecule has 2 aromatic heterocycles. The molecule has 9 heteroatoms. The van der Waals surface area contributed by atoms with Crippen LogP contribution in [0.5, 0.6) is 0 Å². The fraction of sp³-hybridized carbons (Fsp3) is 0.250. The fourth-order valence-corrected chi connectivity index (χ4v) is 4.17. The number of halogens is 2. The van der Waals surface area contributed by atoms with Crippen LogP contribution in [-0.2, 0) is 17.9 Å². The Balaban J connectivity index is 1.53. The molecule has 37 heavy (non-hydrogen) atoms. The van der Waals surface area contributed by atoms with Crippen LogP contribution < -0.4 is 16.0 Å². The van der Waals surface area contributed by atoms with E-state index in [-0.39, 0.29) is 5.91 Å². The van der Waals surface area contributed by atoms with Gasteiger partial charge in [-0.2, -0.15) is 9.97 Å². The van der Waals surface area contributed by atoms with Crippen molar-refractivity contribution in [3.63, 3.8) is 0 Å². The average Bonchev–Trinajstić information content (AvgIpc) is 3.42. The minimum Gasteiger partial charge on any atom is -0.358 e. The molecule has 2 aromatic carbocycles. The zero-order valence-electron chi connectivity index (χ0n) is 20.8. The second kappa shape index (κ2) is 12.6. The number of hydrogen-bond acceptors (Lipinski definition) is 5. The lowest BCUT2D eigenvalue weighted by atomic mass is 10.0. The highest BCUT2D eigenvalue weighted by Crippen LogP contribution is 2.19.